The standard InChI is InChI=1S/C18H20N2O4S/c1-25(23,24)20-17(15-10-6-3-7-11-15)18(22)19-16(13-21)12-14-8-4-2-5-9-14/h2-11,13,16-17,20H,12H2,1H3,(H,19,22)/t16-,17+/m0/s1. The van der Waals surface area contributed by atoms with Gasteiger partial charge in [0.25, 0.3) is 0 Å². The van der Waals surface area contributed by atoms with Crippen molar-refractivity contribution in [3.8, 4) is 0 Å². The summed E-state index contributed by atoms with van der Waals surface area (Å²) in [5, 5.41) is 2.60. The molecule has 7 heteroatoms. The van der Waals surface area contributed by atoms with Crippen molar-refractivity contribution >= 4 is 22.2 Å². The molecule has 1 amide bonds. The van der Waals surface area contributed by atoms with Crippen LogP contribution >= 0.6 is 0 Å². The summed E-state index contributed by atoms with van der Waals surface area (Å²) in [6, 6.07) is 15.9. The minimum absolute atomic E-state index is 0.330. The van der Waals surface area contributed by atoms with Crippen LogP contribution in [0.5, 0.6) is 0 Å². The first-order chi connectivity index (χ1) is 11.9. The molecular formula is C18H20N2O4S. The van der Waals surface area contributed by atoms with E-state index in [1.807, 2.05) is 30.3 Å². The van der Waals surface area contributed by atoms with Gasteiger partial charge in [-0.2, -0.15) is 4.72 Å². The Balaban J connectivity index is 2.16. The number of nitrogens with one attached hydrogen (secondary N) is 2. The quantitative estimate of drug-likeness (QED) is 0.692. The molecule has 2 aromatic rings. The minimum atomic E-state index is -3.62. The van der Waals surface area contributed by atoms with E-state index in [1.54, 1.807) is 30.3 Å². The molecule has 25 heavy (non-hydrogen) atoms. The molecule has 0 aliphatic carbocycles. The first kappa shape index (κ1) is 18.8. The summed E-state index contributed by atoms with van der Waals surface area (Å²) >= 11 is 0. The van der Waals surface area contributed by atoms with Gasteiger partial charge in [-0.25, -0.2) is 8.42 Å². The third-order valence-corrected chi connectivity index (χ3v) is 4.18. The average Bonchev–Trinajstić information content (AvgIpc) is 2.60. The highest BCUT2D eigenvalue weighted by molar-refractivity contribution is 7.88. The number of amides is 1. The van der Waals surface area contributed by atoms with Crippen molar-refractivity contribution in [3.05, 3.63) is 71.8 Å². The second kappa shape index (κ2) is 8.55. The summed E-state index contributed by atoms with van der Waals surface area (Å²) in [4.78, 5) is 23.9. The van der Waals surface area contributed by atoms with Crippen LogP contribution in [0.3, 0.4) is 0 Å². The minimum Gasteiger partial charge on any atom is -0.345 e. The van der Waals surface area contributed by atoms with Gasteiger partial charge in [-0.3, -0.25) is 4.79 Å². The number of hydrogen-bond acceptors (Lipinski definition) is 4. The van der Waals surface area contributed by atoms with Gasteiger partial charge >= 0.3 is 0 Å². The molecule has 2 atom stereocenters. The van der Waals surface area contributed by atoms with E-state index in [0.717, 1.165) is 11.8 Å². The normalized spacial score (nSPS) is 13.6. The van der Waals surface area contributed by atoms with Crippen LogP contribution in [0.4, 0.5) is 0 Å². The summed E-state index contributed by atoms with van der Waals surface area (Å²) in [7, 11) is -3.62. The van der Waals surface area contributed by atoms with E-state index in [0.29, 0.717) is 18.3 Å². The first-order valence-corrected chi connectivity index (χ1v) is 9.60. The third-order valence-electron chi connectivity index (χ3n) is 3.52. The lowest BCUT2D eigenvalue weighted by molar-refractivity contribution is -0.125. The molecule has 0 aromatic heterocycles. The van der Waals surface area contributed by atoms with Gasteiger partial charge in [0.05, 0.1) is 12.3 Å². The fraction of sp³-hybridized carbons (Fsp3) is 0.222. The van der Waals surface area contributed by atoms with E-state index >= 15 is 0 Å². The SMILES string of the molecule is CS(=O)(=O)N[C@@H](C(=O)N[C@H](C=O)Cc1ccccc1)c1ccccc1. The summed E-state index contributed by atoms with van der Waals surface area (Å²) < 4.78 is 25.5. The number of sulfonamides is 1. The molecule has 6 nitrogen and oxygen atoms in total. The van der Waals surface area contributed by atoms with Gasteiger partial charge in [0.2, 0.25) is 15.9 Å². The maximum Gasteiger partial charge on any atom is 0.243 e. The Morgan fingerprint density at radius 3 is 2.12 bits per heavy atom. The van der Waals surface area contributed by atoms with Crippen LogP contribution in [0.1, 0.15) is 17.2 Å². The lowest BCUT2D eigenvalue weighted by Crippen LogP contribution is -2.45. The highest BCUT2D eigenvalue weighted by Crippen LogP contribution is 2.14. The number of rotatable bonds is 8. The van der Waals surface area contributed by atoms with Gasteiger partial charge in [-0.15, -0.1) is 0 Å². The summed E-state index contributed by atoms with van der Waals surface area (Å²) in [5.74, 6) is -0.579. The summed E-state index contributed by atoms with van der Waals surface area (Å²) in [6.45, 7) is 0. The Labute approximate surface area is 147 Å². The number of carbonyl (C=O) groups excluding carboxylic acids is 2. The molecule has 0 aliphatic heterocycles. The van der Waals surface area contributed by atoms with E-state index in [1.165, 1.54) is 0 Å². The lowest BCUT2D eigenvalue weighted by Gasteiger charge is -2.20. The predicted molar refractivity (Wildman–Crippen MR) is 95.3 cm³/mol. The molecule has 0 saturated carbocycles. The van der Waals surface area contributed by atoms with Crippen molar-refractivity contribution in [3.63, 3.8) is 0 Å². The largest absolute Gasteiger partial charge is 0.345 e. The molecule has 0 spiro atoms. The van der Waals surface area contributed by atoms with Crippen LogP contribution in [0, 0.1) is 0 Å². The Morgan fingerprint density at radius 2 is 1.60 bits per heavy atom. The van der Waals surface area contributed by atoms with Crippen molar-refractivity contribution in [1.82, 2.24) is 10.0 Å². The van der Waals surface area contributed by atoms with Gasteiger partial charge in [0.15, 0.2) is 0 Å². The second-order valence-corrected chi connectivity index (χ2v) is 7.45. The molecule has 0 fully saturated rings. The van der Waals surface area contributed by atoms with E-state index in [4.69, 9.17) is 0 Å². The van der Waals surface area contributed by atoms with Gasteiger partial charge in [-0.1, -0.05) is 60.7 Å². The zero-order valence-corrected chi connectivity index (χ0v) is 14.6. The van der Waals surface area contributed by atoms with Crippen LogP contribution in [0.15, 0.2) is 60.7 Å². The fourth-order valence-corrected chi connectivity index (χ4v) is 3.07. The van der Waals surface area contributed by atoms with Crippen molar-refractivity contribution in [2.24, 2.45) is 0 Å². The number of carbonyl (C=O) groups is 2. The smallest absolute Gasteiger partial charge is 0.243 e. The van der Waals surface area contributed by atoms with Gasteiger partial charge in [0, 0.05) is 0 Å². The summed E-state index contributed by atoms with van der Waals surface area (Å²) in [6.07, 6.45) is 1.96. The lowest BCUT2D eigenvalue weighted by atomic mass is 10.0. The average molecular weight is 360 g/mol. The van der Waals surface area contributed by atoms with Gasteiger partial charge < -0.3 is 10.1 Å². The Bertz CT molecular complexity index is 807. The van der Waals surface area contributed by atoms with E-state index < -0.39 is 28.0 Å². The third kappa shape index (κ3) is 6.13. The summed E-state index contributed by atoms with van der Waals surface area (Å²) in [5.41, 5.74) is 1.39. The molecule has 0 bridgehead atoms. The van der Waals surface area contributed by atoms with Crippen molar-refractivity contribution in [1.29, 1.82) is 0 Å². The maximum atomic E-state index is 12.6. The molecule has 0 aliphatic rings. The molecule has 2 aromatic carbocycles. The fourth-order valence-electron chi connectivity index (χ4n) is 2.40. The molecule has 0 radical (unpaired) electrons. The van der Waals surface area contributed by atoms with Gasteiger partial charge in [-0.05, 0) is 17.5 Å². The molecule has 0 saturated heterocycles. The molecule has 0 unspecified atom stereocenters. The van der Waals surface area contributed by atoms with Crippen LogP contribution in [0.25, 0.3) is 0 Å². The first-order valence-electron chi connectivity index (χ1n) is 7.71. The number of aldehydes is 1. The van der Waals surface area contributed by atoms with Crippen LogP contribution < -0.4 is 10.0 Å². The molecule has 132 valence electrons. The highest BCUT2D eigenvalue weighted by Gasteiger charge is 2.25. The molecule has 0 heterocycles. The zero-order valence-electron chi connectivity index (χ0n) is 13.8. The molecular weight excluding hydrogens is 340 g/mol. The number of benzene rings is 2. The highest BCUT2D eigenvalue weighted by atomic mass is 32.2. The van der Waals surface area contributed by atoms with E-state index in [-0.39, 0.29) is 0 Å². The Morgan fingerprint density at radius 1 is 1.04 bits per heavy atom. The second-order valence-electron chi connectivity index (χ2n) is 5.67. The zero-order chi connectivity index (χ0) is 18.3. The van der Waals surface area contributed by atoms with Crippen molar-refractivity contribution in [2.75, 3.05) is 6.26 Å². The van der Waals surface area contributed by atoms with E-state index in [2.05, 4.69) is 10.0 Å². The van der Waals surface area contributed by atoms with Gasteiger partial charge in [0.1, 0.15) is 12.3 Å². The van der Waals surface area contributed by atoms with Crippen LogP contribution in [-0.4, -0.2) is 32.9 Å². The topological polar surface area (TPSA) is 92.3 Å². The number of hydrogen-bond donors (Lipinski definition) is 2. The van der Waals surface area contributed by atoms with Crippen molar-refractivity contribution < 1.29 is 18.0 Å². The molecule has 2 N–H and O–H groups in total. The maximum absolute atomic E-state index is 12.6. The van der Waals surface area contributed by atoms with E-state index in [9.17, 15) is 18.0 Å². The Hall–Kier alpha value is -2.51. The monoisotopic (exact) mass is 360 g/mol. The Kier molecular flexibility index (Phi) is 6.44. The van der Waals surface area contributed by atoms with Crippen LogP contribution in [-0.2, 0) is 26.0 Å². The predicted octanol–water partition coefficient (Wildman–Crippen LogP) is 1.20. The van der Waals surface area contributed by atoms with Crippen molar-refractivity contribution in [2.45, 2.75) is 18.5 Å². The van der Waals surface area contributed by atoms with Crippen LogP contribution in [0.2, 0.25) is 0 Å². The molecule has 2 rings (SSSR count).